The Kier molecular flexibility index (Phi) is 4.36. The summed E-state index contributed by atoms with van der Waals surface area (Å²) in [5.74, 6) is -0.398. The summed E-state index contributed by atoms with van der Waals surface area (Å²) in [4.78, 5) is 23.2. The van der Waals surface area contributed by atoms with Crippen LogP contribution in [-0.4, -0.2) is 21.4 Å². The minimum atomic E-state index is -0.423. The summed E-state index contributed by atoms with van der Waals surface area (Å²) in [5, 5.41) is 4.82. The molecule has 1 aliphatic rings. The van der Waals surface area contributed by atoms with Gasteiger partial charge in [0.1, 0.15) is 4.32 Å². The van der Waals surface area contributed by atoms with Crippen molar-refractivity contribution in [1.82, 2.24) is 5.32 Å². The molecule has 0 saturated carbocycles. The molecule has 18 heavy (non-hydrogen) atoms. The SMILES string of the molecule is O=C(C[C@H]1SC(=S)NC1=O)Nc1ccc(Br)cc1. The van der Waals surface area contributed by atoms with E-state index in [-0.39, 0.29) is 18.2 Å². The van der Waals surface area contributed by atoms with Gasteiger partial charge in [-0.25, -0.2) is 0 Å². The fourth-order valence-corrected chi connectivity index (χ4v) is 2.97. The molecule has 1 heterocycles. The van der Waals surface area contributed by atoms with Crippen LogP contribution in [0.3, 0.4) is 0 Å². The first-order valence-corrected chi connectivity index (χ1v) is 7.19. The number of rotatable bonds is 3. The molecule has 1 atom stereocenters. The zero-order valence-electron chi connectivity index (χ0n) is 9.10. The topological polar surface area (TPSA) is 58.2 Å². The molecule has 0 radical (unpaired) electrons. The summed E-state index contributed by atoms with van der Waals surface area (Å²) in [6.07, 6.45) is 0.118. The molecule has 2 amide bonds. The van der Waals surface area contributed by atoms with Gasteiger partial charge in [-0.3, -0.25) is 9.59 Å². The maximum atomic E-state index is 11.7. The van der Waals surface area contributed by atoms with Gasteiger partial charge in [0.25, 0.3) is 0 Å². The van der Waals surface area contributed by atoms with Crippen molar-refractivity contribution in [3.8, 4) is 0 Å². The smallest absolute Gasteiger partial charge is 0.239 e. The second kappa shape index (κ2) is 5.81. The van der Waals surface area contributed by atoms with Gasteiger partial charge in [0.05, 0.1) is 5.25 Å². The van der Waals surface area contributed by atoms with E-state index >= 15 is 0 Å². The molecule has 1 aliphatic heterocycles. The Labute approximate surface area is 122 Å². The van der Waals surface area contributed by atoms with Crippen molar-refractivity contribution in [1.29, 1.82) is 0 Å². The van der Waals surface area contributed by atoms with Gasteiger partial charge in [0, 0.05) is 16.6 Å². The summed E-state index contributed by atoms with van der Waals surface area (Å²) < 4.78 is 1.37. The van der Waals surface area contributed by atoms with Crippen LogP contribution in [0.5, 0.6) is 0 Å². The number of carbonyl (C=O) groups is 2. The van der Waals surface area contributed by atoms with Crippen molar-refractivity contribution in [3.05, 3.63) is 28.7 Å². The zero-order chi connectivity index (χ0) is 13.1. The Morgan fingerprint density at radius 1 is 1.44 bits per heavy atom. The Morgan fingerprint density at radius 2 is 2.11 bits per heavy atom. The van der Waals surface area contributed by atoms with Gasteiger partial charge in [-0.15, -0.1) is 0 Å². The van der Waals surface area contributed by atoms with Gasteiger partial charge in [-0.1, -0.05) is 39.9 Å². The molecule has 7 heteroatoms. The Hall–Kier alpha value is -0.920. The second-order valence-corrected chi connectivity index (χ2v) is 6.44. The molecule has 0 unspecified atom stereocenters. The van der Waals surface area contributed by atoms with Crippen LogP contribution in [-0.2, 0) is 9.59 Å². The maximum Gasteiger partial charge on any atom is 0.239 e. The van der Waals surface area contributed by atoms with E-state index in [1.807, 2.05) is 12.1 Å². The average molecular weight is 345 g/mol. The highest BCUT2D eigenvalue weighted by Gasteiger charge is 2.30. The van der Waals surface area contributed by atoms with Gasteiger partial charge >= 0.3 is 0 Å². The lowest BCUT2D eigenvalue weighted by atomic mass is 10.2. The van der Waals surface area contributed by atoms with Crippen LogP contribution in [0, 0.1) is 0 Å². The van der Waals surface area contributed by atoms with Crippen molar-refractivity contribution in [2.45, 2.75) is 11.7 Å². The summed E-state index contributed by atoms with van der Waals surface area (Å²) in [5.41, 5.74) is 0.703. The molecule has 0 spiro atoms. The molecule has 4 nitrogen and oxygen atoms in total. The predicted molar refractivity (Wildman–Crippen MR) is 79.5 cm³/mol. The van der Waals surface area contributed by atoms with Gasteiger partial charge in [-0.05, 0) is 24.3 Å². The van der Waals surface area contributed by atoms with E-state index in [2.05, 4.69) is 26.6 Å². The number of halogens is 1. The molecule has 0 aromatic heterocycles. The number of hydrogen-bond donors (Lipinski definition) is 2. The van der Waals surface area contributed by atoms with Gasteiger partial charge in [-0.2, -0.15) is 0 Å². The number of carbonyl (C=O) groups excluding carboxylic acids is 2. The van der Waals surface area contributed by atoms with Gasteiger partial charge in [0.15, 0.2) is 0 Å². The largest absolute Gasteiger partial charge is 0.326 e. The summed E-state index contributed by atoms with van der Waals surface area (Å²) >= 11 is 9.40. The maximum absolute atomic E-state index is 11.7. The molecule has 2 N–H and O–H groups in total. The quantitative estimate of drug-likeness (QED) is 0.826. The van der Waals surface area contributed by atoms with E-state index in [1.165, 1.54) is 11.8 Å². The zero-order valence-corrected chi connectivity index (χ0v) is 12.3. The molecular weight excluding hydrogens is 336 g/mol. The number of thiocarbonyl (C=S) groups is 1. The molecule has 1 aromatic rings. The van der Waals surface area contributed by atoms with E-state index in [4.69, 9.17) is 12.2 Å². The van der Waals surface area contributed by atoms with Crippen molar-refractivity contribution in [2.24, 2.45) is 0 Å². The first-order chi connectivity index (χ1) is 8.54. The number of anilines is 1. The molecular formula is C11H9BrN2O2S2. The third-order valence-corrected chi connectivity index (χ3v) is 4.17. The first-order valence-electron chi connectivity index (χ1n) is 5.11. The molecule has 0 aliphatic carbocycles. The average Bonchev–Trinajstić information content (AvgIpc) is 2.61. The monoisotopic (exact) mass is 344 g/mol. The molecule has 2 rings (SSSR count). The highest BCUT2D eigenvalue weighted by atomic mass is 79.9. The summed E-state index contributed by atoms with van der Waals surface area (Å²) in [7, 11) is 0. The second-order valence-electron chi connectivity index (χ2n) is 3.64. The number of hydrogen-bond acceptors (Lipinski definition) is 4. The summed E-state index contributed by atoms with van der Waals surface area (Å²) in [6.45, 7) is 0. The Balaban J connectivity index is 1.91. The molecule has 1 fully saturated rings. The van der Waals surface area contributed by atoms with E-state index in [9.17, 15) is 9.59 Å². The van der Waals surface area contributed by atoms with Gasteiger partial charge < -0.3 is 10.6 Å². The van der Waals surface area contributed by atoms with E-state index in [1.54, 1.807) is 12.1 Å². The van der Waals surface area contributed by atoms with E-state index in [0.29, 0.717) is 10.0 Å². The van der Waals surface area contributed by atoms with Crippen LogP contribution in [0.2, 0.25) is 0 Å². The minimum Gasteiger partial charge on any atom is -0.326 e. The third-order valence-electron chi connectivity index (χ3n) is 2.27. The molecule has 94 valence electrons. The van der Waals surface area contributed by atoms with Crippen molar-refractivity contribution in [3.63, 3.8) is 0 Å². The summed E-state index contributed by atoms with van der Waals surface area (Å²) in [6, 6.07) is 7.24. The number of thioether (sulfide) groups is 1. The lowest BCUT2D eigenvalue weighted by Crippen LogP contribution is -2.27. The van der Waals surface area contributed by atoms with Crippen LogP contribution >= 0.6 is 39.9 Å². The van der Waals surface area contributed by atoms with Crippen LogP contribution < -0.4 is 10.6 Å². The number of nitrogens with one attached hydrogen (secondary N) is 2. The lowest BCUT2D eigenvalue weighted by molar-refractivity contribution is -0.122. The van der Waals surface area contributed by atoms with Crippen molar-refractivity contribution in [2.75, 3.05) is 5.32 Å². The number of benzene rings is 1. The van der Waals surface area contributed by atoms with Crippen LogP contribution in [0.25, 0.3) is 0 Å². The van der Waals surface area contributed by atoms with Crippen molar-refractivity contribution >= 4 is 61.7 Å². The van der Waals surface area contributed by atoms with Crippen LogP contribution in [0.1, 0.15) is 6.42 Å². The predicted octanol–water partition coefficient (Wildman–Crippen LogP) is 2.29. The highest BCUT2D eigenvalue weighted by Crippen LogP contribution is 2.23. The minimum absolute atomic E-state index is 0.118. The fraction of sp³-hybridized carbons (Fsp3) is 0.182. The van der Waals surface area contributed by atoms with Crippen LogP contribution in [0.15, 0.2) is 28.7 Å². The lowest BCUT2D eigenvalue weighted by Gasteiger charge is -2.07. The molecule has 1 saturated heterocycles. The first kappa shape index (κ1) is 13.5. The molecule has 0 bridgehead atoms. The molecule has 1 aromatic carbocycles. The fourth-order valence-electron chi connectivity index (χ4n) is 1.44. The standard InChI is InChI=1S/C11H9BrN2O2S2/c12-6-1-3-7(4-2-6)13-9(15)5-8-10(16)14-11(17)18-8/h1-4,8H,5H2,(H,13,15)(H,14,16,17)/t8-/m1/s1. The number of amides is 2. The van der Waals surface area contributed by atoms with Gasteiger partial charge in [0.2, 0.25) is 11.8 Å². The van der Waals surface area contributed by atoms with E-state index in [0.717, 1.165) is 4.47 Å². The Morgan fingerprint density at radius 3 is 2.67 bits per heavy atom. The van der Waals surface area contributed by atoms with Crippen molar-refractivity contribution < 1.29 is 9.59 Å². The highest BCUT2D eigenvalue weighted by molar-refractivity contribution is 9.10. The normalized spacial score (nSPS) is 18.6. The van der Waals surface area contributed by atoms with E-state index < -0.39 is 5.25 Å². The Bertz CT molecular complexity index is 504. The third kappa shape index (κ3) is 3.54. The van der Waals surface area contributed by atoms with Crippen LogP contribution in [0.4, 0.5) is 5.69 Å².